The average molecular weight is 265 g/mol. The second-order valence-corrected chi connectivity index (χ2v) is 5.05. The summed E-state index contributed by atoms with van der Waals surface area (Å²) in [6, 6.07) is 1.99. The third-order valence-electron chi connectivity index (χ3n) is 3.48. The van der Waals surface area contributed by atoms with Gasteiger partial charge in [-0.15, -0.1) is 0 Å². The molecular weight excluding hydrogens is 242 g/mol. The molecule has 0 atom stereocenters. The van der Waals surface area contributed by atoms with Crippen LogP contribution in [0.5, 0.6) is 5.88 Å². The zero-order valence-electron chi connectivity index (χ0n) is 12.0. The fourth-order valence-corrected chi connectivity index (χ4v) is 2.32. The Morgan fingerprint density at radius 3 is 2.79 bits per heavy atom. The number of nitrogens with one attached hydrogen (secondary N) is 1. The van der Waals surface area contributed by atoms with Crippen LogP contribution in [0.4, 0.5) is 11.4 Å². The lowest BCUT2D eigenvalue weighted by Gasteiger charge is -2.25. The molecule has 2 rings (SSSR count). The van der Waals surface area contributed by atoms with Crippen LogP contribution in [0.2, 0.25) is 0 Å². The highest BCUT2D eigenvalue weighted by Crippen LogP contribution is 2.32. The molecule has 2 heterocycles. The molecule has 0 amide bonds. The average Bonchev–Trinajstić information content (AvgIpc) is 2.45. The highest BCUT2D eigenvalue weighted by Gasteiger charge is 2.17. The van der Waals surface area contributed by atoms with Crippen molar-refractivity contribution in [3.8, 4) is 5.88 Å². The molecule has 5 nitrogen and oxygen atoms in total. The van der Waals surface area contributed by atoms with Crippen LogP contribution < -0.4 is 15.0 Å². The van der Waals surface area contributed by atoms with E-state index in [4.69, 9.17) is 9.47 Å². The predicted octanol–water partition coefficient (Wildman–Crippen LogP) is 1.99. The zero-order valence-corrected chi connectivity index (χ0v) is 12.0. The van der Waals surface area contributed by atoms with Gasteiger partial charge >= 0.3 is 0 Å². The van der Waals surface area contributed by atoms with Crippen LogP contribution in [0.15, 0.2) is 12.3 Å². The number of ether oxygens (including phenoxy) is 2. The summed E-state index contributed by atoms with van der Waals surface area (Å²) >= 11 is 0. The second-order valence-electron chi connectivity index (χ2n) is 5.05. The molecule has 1 fully saturated rings. The van der Waals surface area contributed by atoms with Crippen LogP contribution >= 0.6 is 0 Å². The minimum absolute atomic E-state index is 0.651. The molecule has 19 heavy (non-hydrogen) atoms. The number of pyridine rings is 1. The van der Waals surface area contributed by atoms with E-state index in [1.54, 1.807) is 13.3 Å². The first-order valence-corrected chi connectivity index (χ1v) is 6.74. The Labute approximate surface area is 114 Å². The first-order chi connectivity index (χ1) is 9.22. The monoisotopic (exact) mass is 265 g/mol. The fourth-order valence-electron chi connectivity index (χ4n) is 2.32. The number of methoxy groups -OCH3 is 1. The van der Waals surface area contributed by atoms with E-state index in [-0.39, 0.29) is 0 Å². The molecular formula is C14H23N3O2. The molecule has 0 aliphatic carbocycles. The molecule has 5 heteroatoms. The predicted molar refractivity (Wildman–Crippen MR) is 77.1 cm³/mol. The van der Waals surface area contributed by atoms with Gasteiger partial charge in [0.1, 0.15) is 5.69 Å². The summed E-state index contributed by atoms with van der Waals surface area (Å²) in [5.41, 5.74) is 2.07. The Balaban J connectivity index is 2.08. The number of hydrogen-bond donors (Lipinski definition) is 1. The second kappa shape index (κ2) is 6.61. The van der Waals surface area contributed by atoms with Crippen LogP contribution in [0, 0.1) is 5.92 Å². The maximum Gasteiger partial charge on any atom is 0.239 e. The highest BCUT2D eigenvalue weighted by molar-refractivity contribution is 5.74. The summed E-state index contributed by atoms with van der Waals surface area (Å²) in [7, 11) is 5.70. The van der Waals surface area contributed by atoms with Crippen molar-refractivity contribution in [2.45, 2.75) is 12.8 Å². The van der Waals surface area contributed by atoms with Crippen LogP contribution in [0.25, 0.3) is 0 Å². The van der Waals surface area contributed by atoms with E-state index in [9.17, 15) is 0 Å². The lowest BCUT2D eigenvalue weighted by Crippen LogP contribution is -2.23. The third-order valence-corrected chi connectivity index (χ3v) is 3.48. The van der Waals surface area contributed by atoms with Crippen LogP contribution in [0.1, 0.15) is 12.8 Å². The van der Waals surface area contributed by atoms with Crippen molar-refractivity contribution in [1.29, 1.82) is 0 Å². The van der Waals surface area contributed by atoms with E-state index in [1.807, 2.05) is 20.2 Å². The van der Waals surface area contributed by atoms with E-state index in [0.717, 1.165) is 44.0 Å². The first-order valence-electron chi connectivity index (χ1n) is 6.74. The van der Waals surface area contributed by atoms with E-state index in [0.29, 0.717) is 11.8 Å². The van der Waals surface area contributed by atoms with Crippen molar-refractivity contribution in [1.82, 2.24) is 4.98 Å². The summed E-state index contributed by atoms with van der Waals surface area (Å²) in [5.74, 6) is 1.31. The molecule has 1 aromatic heterocycles. The van der Waals surface area contributed by atoms with Gasteiger partial charge in [-0.2, -0.15) is 0 Å². The van der Waals surface area contributed by atoms with E-state index in [1.165, 1.54) is 0 Å². The van der Waals surface area contributed by atoms with Crippen molar-refractivity contribution in [3.05, 3.63) is 12.3 Å². The largest absolute Gasteiger partial charge is 0.479 e. The van der Waals surface area contributed by atoms with Gasteiger partial charge in [0.2, 0.25) is 5.88 Å². The Morgan fingerprint density at radius 1 is 1.42 bits per heavy atom. The van der Waals surface area contributed by atoms with Gasteiger partial charge in [-0.25, -0.2) is 4.98 Å². The molecule has 0 unspecified atom stereocenters. The Hall–Kier alpha value is -1.49. The zero-order chi connectivity index (χ0) is 13.7. The third kappa shape index (κ3) is 3.50. The number of anilines is 2. The Bertz CT molecular complexity index is 404. The standard InChI is InChI=1S/C14H23N3O2/c1-17(2)12-4-7-15-14(18-3)13(12)16-10-11-5-8-19-9-6-11/h4,7,11,16H,5-6,8-10H2,1-3H3. The van der Waals surface area contributed by atoms with Gasteiger partial charge in [-0.3, -0.25) is 0 Å². The van der Waals surface area contributed by atoms with Crippen LogP contribution in [-0.4, -0.2) is 45.9 Å². The summed E-state index contributed by atoms with van der Waals surface area (Å²) in [6.07, 6.45) is 4.01. The molecule has 1 N–H and O–H groups in total. The van der Waals surface area contributed by atoms with Crippen LogP contribution in [-0.2, 0) is 4.74 Å². The maximum atomic E-state index is 5.39. The minimum atomic E-state index is 0.651. The minimum Gasteiger partial charge on any atom is -0.479 e. The van der Waals surface area contributed by atoms with E-state index >= 15 is 0 Å². The van der Waals surface area contributed by atoms with Crippen molar-refractivity contribution in [2.24, 2.45) is 5.92 Å². The number of nitrogens with zero attached hydrogens (tertiary/aromatic N) is 2. The smallest absolute Gasteiger partial charge is 0.239 e. The molecule has 106 valence electrons. The molecule has 0 bridgehead atoms. The van der Waals surface area contributed by atoms with Gasteiger partial charge in [0, 0.05) is 40.1 Å². The van der Waals surface area contributed by atoms with Crippen molar-refractivity contribution in [2.75, 3.05) is 51.2 Å². The molecule has 0 spiro atoms. The van der Waals surface area contributed by atoms with Crippen molar-refractivity contribution < 1.29 is 9.47 Å². The van der Waals surface area contributed by atoms with Gasteiger partial charge in [0.15, 0.2) is 0 Å². The fraction of sp³-hybridized carbons (Fsp3) is 0.643. The van der Waals surface area contributed by atoms with Crippen molar-refractivity contribution >= 4 is 11.4 Å². The molecule has 0 radical (unpaired) electrons. The molecule has 0 aromatic carbocycles. The summed E-state index contributed by atoms with van der Waals surface area (Å²) < 4.78 is 10.7. The molecule has 1 aromatic rings. The van der Waals surface area contributed by atoms with Gasteiger partial charge in [0.05, 0.1) is 12.8 Å². The number of aromatic nitrogens is 1. The van der Waals surface area contributed by atoms with Gasteiger partial charge in [0.25, 0.3) is 0 Å². The number of hydrogen-bond acceptors (Lipinski definition) is 5. The number of rotatable bonds is 5. The molecule has 0 saturated carbocycles. The molecule has 1 saturated heterocycles. The quantitative estimate of drug-likeness (QED) is 0.882. The van der Waals surface area contributed by atoms with Gasteiger partial charge in [-0.1, -0.05) is 0 Å². The van der Waals surface area contributed by atoms with E-state index in [2.05, 4.69) is 15.2 Å². The SMILES string of the molecule is COc1nccc(N(C)C)c1NCC1CCOCC1. The molecule has 1 aliphatic heterocycles. The summed E-state index contributed by atoms with van der Waals surface area (Å²) in [5, 5.41) is 3.50. The Kier molecular flexibility index (Phi) is 4.85. The molecule has 1 aliphatic rings. The topological polar surface area (TPSA) is 46.6 Å². The van der Waals surface area contributed by atoms with Gasteiger partial charge in [-0.05, 0) is 24.8 Å². The lowest BCUT2D eigenvalue weighted by atomic mass is 10.0. The highest BCUT2D eigenvalue weighted by atomic mass is 16.5. The van der Waals surface area contributed by atoms with Gasteiger partial charge < -0.3 is 19.7 Å². The summed E-state index contributed by atoms with van der Waals surface area (Å²) in [4.78, 5) is 6.33. The normalized spacial score (nSPS) is 16.2. The lowest BCUT2D eigenvalue weighted by molar-refractivity contribution is 0.0699. The van der Waals surface area contributed by atoms with Crippen LogP contribution in [0.3, 0.4) is 0 Å². The van der Waals surface area contributed by atoms with Crippen molar-refractivity contribution in [3.63, 3.8) is 0 Å². The maximum absolute atomic E-state index is 5.39. The first kappa shape index (κ1) is 13.9. The summed E-state index contributed by atoms with van der Waals surface area (Å²) in [6.45, 7) is 2.68. The van der Waals surface area contributed by atoms with E-state index < -0.39 is 0 Å². The Morgan fingerprint density at radius 2 is 2.16 bits per heavy atom.